The van der Waals surface area contributed by atoms with E-state index in [1.165, 1.54) is 12.1 Å². The summed E-state index contributed by atoms with van der Waals surface area (Å²) in [6.07, 6.45) is -4.13. The first-order valence-electron chi connectivity index (χ1n) is 17.4. The average molecular weight is 980 g/mol. The standard InChI is InChI=1S/C24BF20.C15H13N2O5/c26-5-1(6(27)14(35)21(42)13(5)34)25(2-7(28)15(36)22(43)16(37)8(2)29,3-9(30)17(38)23(44)18(39)10(3)31)4-11(32)19(40)24(45)20(41)12(4)33;18-14(12-4-2-1-3-5-12)10-16-8-6-13(7-9-16)15(19)22-11-17(20)21/h;1-9H,10-11H2/q-1;+1. The molecule has 6 rings (SSSR count). The molecule has 0 amide bonds. The highest BCUT2D eigenvalue weighted by Crippen LogP contribution is 2.30. The van der Waals surface area contributed by atoms with Crippen LogP contribution in [0.15, 0.2) is 54.9 Å². The van der Waals surface area contributed by atoms with Crippen LogP contribution >= 0.6 is 0 Å². The molecule has 0 N–H and O–H groups in total. The molecule has 352 valence electrons. The van der Waals surface area contributed by atoms with E-state index in [1.807, 2.05) is 6.07 Å². The van der Waals surface area contributed by atoms with Crippen molar-refractivity contribution in [3.8, 4) is 0 Å². The highest BCUT2D eigenvalue weighted by atomic mass is 19.2. The second kappa shape index (κ2) is 19.1. The zero-order valence-electron chi connectivity index (χ0n) is 31.7. The number of nitrogens with zero attached hydrogens (tertiary/aromatic N) is 2. The van der Waals surface area contributed by atoms with Crippen LogP contribution in [0.25, 0.3) is 0 Å². The predicted molar refractivity (Wildman–Crippen MR) is 184 cm³/mol. The SMILES string of the molecule is Fc1c(F)c(F)c([B-](c2c(F)c(F)c(F)c(F)c2F)(c2c(F)c(F)c(F)c(F)c2F)c2c(F)c(F)c(F)c(F)c2F)c(F)c1F.O=C(C[n+]1ccc(C(=O)OC[N+](=O)[O-])cc1)c1ccccc1. The van der Waals surface area contributed by atoms with Gasteiger partial charge in [0.2, 0.25) is 12.3 Å². The zero-order valence-corrected chi connectivity index (χ0v) is 31.7. The maximum Gasteiger partial charge on any atom is 0.347 e. The van der Waals surface area contributed by atoms with Crippen molar-refractivity contribution in [2.24, 2.45) is 0 Å². The van der Waals surface area contributed by atoms with Crippen LogP contribution in [0, 0.1) is 126 Å². The summed E-state index contributed by atoms with van der Waals surface area (Å²) in [6, 6.07) is 11.7. The summed E-state index contributed by atoms with van der Waals surface area (Å²) < 4.78 is 300. The maximum atomic E-state index is 15.4. The molecule has 0 unspecified atom stereocenters. The van der Waals surface area contributed by atoms with Gasteiger partial charge >= 0.3 is 12.7 Å². The van der Waals surface area contributed by atoms with Crippen molar-refractivity contribution in [2.75, 3.05) is 6.73 Å². The summed E-state index contributed by atoms with van der Waals surface area (Å²) in [6.45, 7) is -0.742. The fourth-order valence-electron chi connectivity index (χ4n) is 6.65. The van der Waals surface area contributed by atoms with Crippen molar-refractivity contribution < 1.29 is 112 Å². The monoisotopic (exact) mass is 980 g/mol. The minimum atomic E-state index is -7.22. The summed E-state index contributed by atoms with van der Waals surface area (Å²) in [5.74, 6) is -72.2. The summed E-state index contributed by atoms with van der Waals surface area (Å²) in [7, 11) is 0. The van der Waals surface area contributed by atoms with E-state index in [2.05, 4.69) is 4.74 Å². The van der Waals surface area contributed by atoms with Crippen LogP contribution in [0.1, 0.15) is 20.7 Å². The number of halogens is 20. The molecule has 0 saturated carbocycles. The molecule has 0 fully saturated rings. The quantitative estimate of drug-likeness (QED) is 0.0140. The molecule has 0 aliphatic rings. The summed E-state index contributed by atoms with van der Waals surface area (Å²) in [4.78, 5) is 32.9. The number of carbonyl (C=O) groups excluding carboxylic acids is 2. The van der Waals surface area contributed by atoms with Gasteiger partial charge in [-0.05, 0) is 0 Å². The summed E-state index contributed by atoms with van der Waals surface area (Å²) in [5, 5.41) is 10.1. The number of hydrogen-bond donors (Lipinski definition) is 0. The van der Waals surface area contributed by atoms with Gasteiger partial charge in [0.1, 0.15) is 52.7 Å². The van der Waals surface area contributed by atoms with Crippen LogP contribution in [0.3, 0.4) is 0 Å². The number of aromatic nitrogens is 1. The molecule has 6 aromatic rings. The number of carbonyl (C=O) groups is 2. The number of esters is 1. The van der Waals surface area contributed by atoms with Gasteiger partial charge in [-0.1, -0.05) is 30.3 Å². The molecule has 0 radical (unpaired) electrons. The topological polar surface area (TPSA) is 90.4 Å². The van der Waals surface area contributed by atoms with Crippen molar-refractivity contribution in [3.05, 3.63) is 192 Å². The Kier molecular flexibility index (Phi) is 14.4. The van der Waals surface area contributed by atoms with Crippen LogP contribution < -0.4 is 26.4 Å². The molecule has 1 heterocycles. The van der Waals surface area contributed by atoms with Gasteiger partial charge in [-0.3, -0.25) is 14.9 Å². The lowest BCUT2D eigenvalue weighted by molar-refractivity contribution is -0.683. The minimum Gasteiger partial charge on any atom is -0.397 e. The highest BCUT2D eigenvalue weighted by molar-refractivity contribution is 7.20. The van der Waals surface area contributed by atoms with Gasteiger partial charge in [0, 0.05) is 17.7 Å². The van der Waals surface area contributed by atoms with Gasteiger partial charge in [-0.25, -0.2) is 92.6 Å². The number of Topliss-reactive ketones (excluding diaryl/α,β-unsaturated/α-hetero) is 1. The van der Waals surface area contributed by atoms with E-state index in [0.29, 0.717) is 5.56 Å². The molecule has 28 heteroatoms. The number of ketones is 1. The van der Waals surface area contributed by atoms with Gasteiger partial charge in [-0.15, -0.1) is 21.9 Å². The Bertz CT molecular complexity index is 2630. The predicted octanol–water partition coefficient (Wildman–Crippen LogP) is 7.09. The number of ether oxygens (including phenoxy) is 1. The number of nitro groups is 1. The van der Waals surface area contributed by atoms with Crippen molar-refractivity contribution in [1.82, 2.24) is 0 Å². The van der Waals surface area contributed by atoms with E-state index in [9.17, 15) is 72.4 Å². The first kappa shape index (κ1) is 50.5. The van der Waals surface area contributed by atoms with Gasteiger partial charge < -0.3 is 4.74 Å². The highest BCUT2D eigenvalue weighted by Gasteiger charge is 2.52. The van der Waals surface area contributed by atoms with Crippen LogP contribution in [-0.4, -0.2) is 29.6 Å². The second-order valence-electron chi connectivity index (χ2n) is 13.2. The van der Waals surface area contributed by atoms with E-state index in [1.54, 1.807) is 41.2 Å². The van der Waals surface area contributed by atoms with Gasteiger partial charge in [-0.2, -0.15) is 4.57 Å². The van der Waals surface area contributed by atoms with Crippen LogP contribution in [0.5, 0.6) is 0 Å². The Labute approximate surface area is 357 Å². The molecule has 0 saturated heterocycles. The van der Waals surface area contributed by atoms with Crippen molar-refractivity contribution in [1.29, 1.82) is 0 Å². The minimum absolute atomic E-state index is 0.0609. The third-order valence-corrected chi connectivity index (χ3v) is 9.56. The molecule has 0 atom stereocenters. The van der Waals surface area contributed by atoms with Crippen molar-refractivity contribution >= 4 is 39.7 Å². The maximum absolute atomic E-state index is 15.4. The molecule has 0 aliphatic heterocycles. The fourth-order valence-corrected chi connectivity index (χ4v) is 6.65. The molecular formula is C39H13BF20N2O5. The first-order chi connectivity index (χ1) is 31.3. The molecule has 0 aliphatic carbocycles. The van der Waals surface area contributed by atoms with Crippen LogP contribution in [0.4, 0.5) is 87.8 Å². The average Bonchev–Trinajstić information content (AvgIpc) is 3.31. The number of hydrogen-bond acceptors (Lipinski definition) is 5. The van der Waals surface area contributed by atoms with E-state index >= 15 is 35.1 Å². The summed E-state index contributed by atoms with van der Waals surface area (Å²) in [5.41, 5.74) is -13.5. The Hall–Kier alpha value is -7.55. The summed E-state index contributed by atoms with van der Waals surface area (Å²) >= 11 is 0. The normalized spacial score (nSPS) is 11.3. The van der Waals surface area contributed by atoms with Crippen molar-refractivity contribution in [3.63, 3.8) is 0 Å². The number of benzene rings is 5. The zero-order chi connectivity index (χ0) is 50.3. The third kappa shape index (κ3) is 8.57. The van der Waals surface area contributed by atoms with E-state index in [0.717, 1.165) is 0 Å². The van der Waals surface area contributed by atoms with Gasteiger partial charge in [0.15, 0.2) is 82.2 Å². The van der Waals surface area contributed by atoms with E-state index in [-0.39, 0.29) is 17.9 Å². The molecule has 0 bridgehead atoms. The number of pyridine rings is 1. The Morgan fingerprint density at radius 1 is 0.433 bits per heavy atom. The molecule has 7 nitrogen and oxygen atoms in total. The fraction of sp³-hybridized carbons (Fsp3) is 0.0513. The van der Waals surface area contributed by atoms with E-state index < -0.39 is 162 Å². The Morgan fingerprint density at radius 3 is 0.970 bits per heavy atom. The van der Waals surface area contributed by atoms with Gasteiger partial charge in [0.05, 0.1) is 10.5 Å². The van der Waals surface area contributed by atoms with Crippen LogP contribution in [-0.2, 0) is 11.3 Å². The Morgan fingerprint density at radius 2 is 0.701 bits per heavy atom. The lowest BCUT2D eigenvalue weighted by atomic mass is 9.12. The molecule has 5 aromatic carbocycles. The third-order valence-electron chi connectivity index (χ3n) is 9.56. The largest absolute Gasteiger partial charge is 0.397 e. The Balaban J connectivity index is 0.000000319. The van der Waals surface area contributed by atoms with Crippen LogP contribution in [0.2, 0.25) is 0 Å². The van der Waals surface area contributed by atoms with Crippen molar-refractivity contribution in [2.45, 2.75) is 6.54 Å². The lowest BCUT2D eigenvalue weighted by Crippen LogP contribution is -2.81. The molecule has 0 spiro atoms. The molecule has 1 aromatic heterocycles. The molecular weight excluding hydrogens is 967 g/mol. The number of rotatable bonds is 10. The van der Waals surface area contributed by atoms with Gasteiger partial charge in [0.25, 0.3) is 0 Å². The van der Waals surface area contributed by atoms with E-state index in [4.69, 9.17) is 0 Å². The smallest absolute Gasteiger partial charge is 0.347 e. The second-order valence-corrected chi connectivity index (χ2v) is 13.2. The first-order valence-corrected chi connectivity index (χ1v) is 17.4. The molecule has 67 heavy (non-hydrogen) atoms. The lowest BCUT2D eigenvalue weighted by Gasteiger charge is -2.44.